The van der Waals surface area contributed by atoms with Crippen molar-refractivity contribution in [2.75, 3.05) is 129 Å². The van der Waals surface area contributed by atoms with Crippen molar-refractivity contribution in [3.05, 3.63) is 118 Å². The van der Waals surface area contributed by atoms with Crippen molar-refractivity contribution in [3.63, 3.8) is 0 Å². The van der Waals surface area contributed by atoms with Gasteiger partial charge in [-0.25, -0.2) is 0 Å². The van der Waals surface area contributed by atoms with Gasteiger partial charge in [0.05, 0.1) is 59.9 Å². The lowest BCUT2D eigenvalue weighted by molar-refractivity contribution is 0.0801. The van der Waals surface area contributed by atoms with Crippen LogP contribution in [0.2, 0.25) is 0 Å². The van der Waals surface area contributed by atoms with E-state index in [4.69, 9.17) is 28.9 Å². The molecule has 4 aliphatic heterocycles. The first-order valence-corrected chi connectivity index (χ1v) is 22.4. The topological polar surface area (TPSA) is 84.3 Å². The number of fused-ring (bicyclic) bond motifs is 4. The first kappa shape index (κ1) is 43.8. The maximum Gasteiger partial charge on any atom is 0.160 e. The maximum atomic E-state index is 5.79. The van der Waals surface area contributed by atoms with E-state index < -0.39 is 0 Å². The molecule has 8 rings (SSSR count). The van der Waals surface area contributed by atoms with Gasteiger partial charge in [0, 0.05) is 93.1 Å². The second-order valence-corrected chi connectivity index (χ2v) is 18.1. The van der Waals surface area contributed by atoms with Crippen molar-refractivity contribution < 1.29 is 18.9 Å². The first-order chi connectivity index (χ1) is 30.1. The molecule has 0 radical (unpaired) electrons. The molecule has 5 atom stereocenters. The molecule has 0 aromatic carbocycles. The molecule has 0 N–H and O–H groups in total. The highest BCUT2D eigenvalue weighted by molar-refractivity contribution is 6.02. The predicted molar refractivity (Wildman–Crippen MR) is 248 cm³/mol. The molecule has 13 heteroatoms. The van der Waals surface area contributed by atoms with Crippen molar-refractivity contribution >= 4 is 11.4 Å². The zero-order valence-corrected chi connectivity index (χ0v) is 38.6. The summed E-state index contributed by atoms with van der Waals surface area (Å²) in [5.41, 5.74) is 8.78. The summed E-state index contributed by atoms with van der Waals surface area (Å²) in [7, 11) is 17.7. The molecule has 0 fully saturated rings. The summed E-state index contributed by atoms with van der Waals surface area (Å²) in [5.74, 6) is 3.62. The van der Waals surface area contributed by atoms with Gasteiger partial charge in [0.1, 0.15) is 5.76 Å². The van der Waals surface area contributed by atoms with Crippen molar-refractivity contribution in [2.24, 2.45) is 21.8 Å². The number of hydrogen-bond donors (Lipinski definition) is 0. The van der Waals surface area contributed by atoms with Gasteiger partial charge in [-0.15, -0.1) is 0 Å². The summed E-state index contributed by atoms with van der Waals surface area (Å²) in [6, 6.07) is 0.568. The quantitative estimate of drug-likeness (QED) is 0.178. The second-order valence-electron chi connectivity index (χ2n) is 18.1. The summed E-state index contributed by atoms with van der Waals surface area (Å²) >= 11 is 0. The molecular formula is C49H69N9O4. The van der Waals surface area contributed by atoms with E-state index in [1.807, 2.05) is 0 Å². The van der Waals surface area contributed by atoms with Crippen LogP contribution in [0.3, 0.4) is 0 Å². The Labute approximate surface area is 370 Å². The van der Waals surface area contributed by atoms with E-state index in [0.717, 1.165) is 114 Å². The third-order valence-corrected chi connectivity index (χ3v) is 13.4. The number of likely N-dealkylation sites (N-methyl/N-ethyl adjacent to an activating group) is 2. The van der Waals surface area contributed by atoms with Crippen LogP contribution in [0.25, 0.3) is 0 Å². The summed E-state index contributed by atoms with van der Waals surface area (Å²) in [6.07, 6.45) is 28.0. The Morgan fingerprint density at radius 1 is 0.629 bits per heavy atom. The minimum absolute atomic E-state index is 0.115. The Bertz CT molecular complexity index is 2080. The van der Waals surface area contributed by atoms with Gasteiger partial charge < -0.3 is 48.3 Å². The summed E-state index contributed by atoms with van der Waals surface area (Å²) in [4.78, 5) is 27.5. The van der Waals surface area contributed by atoms with E-state index in [1.54, 1.807) is 28.4 Å². The van der Waals surface area contributed by atoms with Gasteiger partial charge in [-0.2, -0.15) is 0 Å². The lowest BCUT2D eigenvalue weighted by Gasteiger charge is -2.51. The molecule has 0 aromatic heterocycles. The minimum atomic E-state index is 0.115. The standard InChI is InChI=1S/C49H69N9O4/c1-52(2)20-22-55-30-34-12-14-40(38-24-36-26-44(59-6)46(61-8)28-42(36)57(32-55)48(34)38)50-16-10-18-54(5)19-11-17-51-41-15-13-35-31-56(23-21-53(3)4)33-58-43-29-47(62-9)45(60-7)27-37(43)25-39(41)49(35)58/h12-15,24-26,28-31,38-39,42,48-49H,10-11,16-23,27,32-33H2,1-9H3. The van der Waals surface area contributed by atoms with E-state index in [-0.39, 0.29) is 30.0 Å². The Balaban J connectivity index is 0.903. The van der Waals surface area contributed by atoms with Crippen molar-refractivity contribution in [1.29, 1.82) is 0 Å². The van der Waals surface area contributed by atoms with Gasteiger partial charge >= 0.3 is 0 Å². The zero-order chi connectivity index (χ0) is 43.5. The van der Waals surface area contributed by atoms with Gasteiger partial charge in [-0.3, -0.25) is 14.9 Å². The number of allylic oxidation sites excluding steroid dienone is 5. The number of ether oxygens (including phenoxy) is 4. The van der Waals surface area contributed by atoms with Gasteiger partial charge in [-0.05, 0) is 108 Å². The molecule has 5 unspecified atom stereocenters. The Morgan fingerprint density at radius 2 is 1.24 bits per heavy atom. The van der Waals surface area contributed by atoms with E-state index in [0.29, 0.717) is 0 Å². The molecular weight excluding hydrogens is 779 g/mol. The normalized spacial score (nSPS) is 27.6. The zero-order valence-electron chi connectivity index (χ0n) is 38.6. The molecule has 0 saturated carbocycles. The van der Waals surface area contributed by atoms with E-state index in [1.165, 1.54) is 33.7 Å². The van der Waals surface area contributed by atoms with Crippen molar-refractivity contribution in [1.82, 2.24) is 34.3 Å². The van der Waals surface area contributed by atoms with Crippen LogP contribution >= 0.6 is 0 Å². The molecule has 334 valence electrons. The van der Waals surface area contributed by atoms with Crippen LogP contribution in [0.4, 0.5) is 0 Å². The molecule has 62 heavy (non-hydrogen) atoms. The molecule has 13 nitrogen and oxygen atoms in total. The number of methoxy groups -OCH3 is 4. The SMILES string of the molecule is COC1=CC2=CC3C(=NCCCN(C)CCCN=C4C=CC5=CN(CCN(C)C)CN6C7=CC(OC)=C(OC)CC7=CC4C56)C=CC4=CN(CCN(C)C)CN(C2C=C1OC)C43. The van der Waals surface area contributed by atoms with Crippen LogP contribution < -0.4 is 0 Å². The number of hydrogen-bond acceptors (Lipinski definition) is 13. The largest absolute Gasteiger partial charge is 0.497 e. The molecule has 0 spiro atoms. The third-order valence-electron chi connectivity index (χ3n) is 13.4. The fourth-order valence-electron chi connectivity index (χ4n) is 10.1. The second kappa shape index (κ2) is 19.3. The van der Waals surface area contributed by atoms with Gasteiger partial charge in [0.15, 0.2) is 17.3 Å². The molecule has 0 amide bonds. The van der Waals surface area contributed by atoms with Crippen LogP contribution in [0.15, 0.2) is 128 Å². The van der Waals surface area contributed by atoms with E-state index in [2.05, 4.69) is 137 Å². The lowest BCUT2D eigenvalue weighted by atomic mass is 9.75. The first-order valence-electron chi connectivity index (χ1n) is 22.4. The number of nitrogens with zero attached hydrogens (tertiary/aromatic N) is 9. The van der Waals surface area contributed by atoms with E-state index >= 15 is 0 Å². The predicted octanol–water partition coefficient (Wildman–Crippen LogP) is 4.85. The average molecular weight is 848 g/mol. The van der Waals surface area contributed by atoms with Crippen LogP contribution in [0.1, 0.15) is 19.3 Å². The molecule has 8 aliphatic rings. The molecule has 0 aromatic rings. The fraction of sp³-hybridized carbons (Fsp3) is 0.551. The number of rotatable bonds is 18. The maximum absolute atomic E-state index is 5.79. The van der Waals surface area contributed by atoms with Gasteiger partial charge in [-0.1, -0.05) is 24.3 Å². The highest BCUT2D eigenvalue weighted by Gasteiger charge is 2.46. The van der Waals surface area contributed by atoms with Crippen LogP contribution in [0.5, 0.6) is 0 Å². The Hall–Kier alpha value is -4.82. The summed E-state index contributed by atoms with van der Waals surface area (Å²) in [5, 5.41) is 0. The fourth-order valence-corrected chi connectivity index (χ4v) is 10.1. The van der Waals surface area contributed by atoms with Crippen LogP contribution in [-0.4, -0.2) is 193 Å². The van der Waals surface area contributed by atoms with Gasteiger partial charge in [0.25, 0.3) is 0 Å². The van der Waals surface area contributed by atoms with E-state index in [9.17, 15) is 0 Å². The van der Waals surface area contributed by atoms with Gasteiger partial charge in [0.2, 0.25) is 0 Å². The van der Waals surface area contributed by atoms with Crippen molar-refractivity contribution in [2.45, 2.75) is 37.4 Å². The summed E-state index contributed by atoms with van der Waals surface area (Å²) in [6.45, 7) is 9.21. The van der Waals surface area contributed by atoms with Crippen LogP contribution in [0, 0.1) is 11.8 Å². The average Bonchev–Trinajstić information content (AvgIpc) is 3.27. The lowest BCUT2D eigenvalue weighted by Crippen LogP contribution is -2.59. The minimum Gasteiger partial charge on any atom is -0.497 e. The van der Waals surface area contributed by atoms with Crippen molar-refractivity contribution in [3.8, 4) is 0 Å². The molecule has 4 aliphatic carbocycles. The highest BCUT2D eigenvalue weighted by atomic mass is 16.5. The third kappa shape index (κ3) is 9.13. The molecule has 4 heterocycles. The number of aliphatic imine (C=N–C) groups is 2. The van der Waals surface area contributed by atoms with Crippen LogP contribution in [-0.2, 0) is 18.9 Å². The molecule has 0 bridgehead atoms. The summed E-state index contributed by atoms with van der Waals surface area (Å²) < 4.78 is 23.1. The Morgan fingerprint density at radius 3 is 1.84 bits per heavy atom. The monoisotopic (exact) mass is 848 g/mol. The molecule has 0 saturated heterocycles. The Kier molecular flexibility index (Phi) is 13.6. The smallest absolute Gasteiger partial charge is 0.160 e. The highest BCUT2D eigenvalue weighted by Crippen LogP contribution is 2.45.